The first-order valence-corrected chi connectivity index (χ1v) is 11.3. The second kappa shape index (κ2) is 10.1. The summed E-state index contributed by atoms with van der Waals surface area (Å²) in [7, 11) is 0. The van der Waals surface area contributed by atoms with Crippen molar-refractivity contribution in [3.8, 4) is 0 Å². The van der Waals surface area contributed by atoms with Crippen molar-refractivity contribution >= 4 is 50.1 Å². The molecule has 1 N–H and O–H groups in total. The largest absolute Gasteiger partial charge is 0.462 e. The number of esters is 2. The number of rotatable bonds is 8. The lowest BCUT2D eigenvalue weighted by Gasteiger charge is -2.10. The zero-order valence-corrected chi connectivity index (χ0v) is 20.3. The van der Waals surface area contributed by atoms with Gasteiger partial charge in [0, 0.05) is 12.4 Å². The van der Waals surface area contributed by atoms with Crippen molar-refractivity contribution in [2.45, 2.75) is 40.5 Å². The Morgan fingerprint density at radius 2 is 2.00 bits per heavy atom. The number of hydrogen-bond donors (Lipinski definition) is 1. The Morgan fingerprint density at radius 1 is 1.25 bits per heavy atom. The van der Waals surface area contributed by atoms with Gasteiger partial charge in [-0.3, -0.25) is 9.48 Å². The fourth-order valence-electron chi connectivity index (χ4n) is 2.80. The molecule has 10 nitrogen and oxygen atoms in total. The minimum absolute atomic E-state index is 0.126. The molecule has 3 aromatic rings. The van der Waals surface area contributed by atoms with Crippen molar-refractivity contribution in [2.24, 2.45) is 0 Å². The zero-order chi connectivity index (χ0) is 23.4. The van der Waals surface area contributed by atoms with E-state index in [1.807, 2.05) is 0 Å². The van der Waals surface area contributed by atoms with E-state index in [1.54, 1.807) is 61.7 Å². The van der Waals surface area contributed by atoms with Gasteiger partial charge in [0.15, 0.2) is 5.69 Å². The van der Waals surface area contributed by atoms with E-state index in [2.05, 4.69) is 31.4 Å². The molecule has 12 heteroatoms. The molecule has 0 fully saturated rings. The lowest BCUT2D eigenvalue weighted by molar-refractivity contribution is 0.0379. The number of halogens is 1. The fraction of sp³-hybridized carbons (Fsp3) is 0.350. The van der Waals surface area contributed by atoms with Gasteiger partial charge in [-0.05, 0) is 55.3 Å². The number of aromatic nitrogens is 4. The Hall–Kier alpha value is -2.99. The van der Waals surface area contributed by atoms with E-state index in [-0.39, 0.29) is 33.8 Å². The van der Waals surface area contributed by atoms with Crippen molar-refractivity contribution < 1.29 is 23.9 Å². The summed E-state index contributed by atoms with van der Waals surface area (Å²) in [6.07, 6.45) is 4.70. The maximum absolute atomic E-state index is 12.8. The highest BCUT2D eigenvalue weighted by Crippen LogP contribution is 2.34. The van der Waals surface area contributed by atoms with E-state index in [4.69, 9.17) is 9.47 Å². The van der Waals surface area contributed by atoms with Crippen molar-refractivity contribution in [1.82, 2.24) is 19.6 Å². The van der Waals surface area contributed by atoms with Crippen LogP contribution in [0.25, 0.3) is 0 Å². The first kappa shape index (κ1) is 23.7. The number of hydrogen-bond acceptors (Lipinski definition) is 8. The third-order valence-corrected chi connectivity index (χ3v) is 5.74. The van der Waals surface area contributed by atoms with Crippen LogP contribution in [0.4, 0.5) is 5.00 Å². The molecule has 3 rings (SSSR count). The van der Waals surface area contributed by atoms with E-state index in [0.717, 1.165) is 15.8 Å². The SMILES string of the molecule is CCOC(=O)c1sc(NC(=O)c2ccn(Cn3cc(Br)cn3)n2)c(C(=O)OC(C)C)c1C. The molecule has 3 heterocycles. The maximum atomic E-state index is 12.8. The Kier molecular flexibility index (Phi) is 7.46. The maximum Gasteiger partial charge on any atom is 0.348 e. The van der Waals surface area contributed by atoms with Gasteiger partial charge in [-0.1, -0.05) is 0 Å². The van der Waals surface area contributed by atoms with E-state index in [9.17, 15) is 14.4 Å². The molecule has 0 saturated heterocycles. The van der Waals surface area contributed by atoms with E-state index in [0.29, 0.717) is 12.2 Å². The van der Waals surface area contributed by atoms with Crippen LogP contribution >= 0.6 is 27.3 Å². The summed E-state index contributed by atoms with van der Waals surface area (Å²) in [6, 6.07) is 1.55. The van der Waals surface area contributed by atoms with Crippen LogP contribution in [0.3, 0.4) is 0 Å². The lowest BCUT2D eigenvalue weighted by Crippen LogP contribution is -2.18. The van der Waals surface area contributed by atoms with Gasteiger partial charge in [-0.25, -0.2) is 14.3 Å². The Labute approximate surface area is 196 Å². The number of carbonyl (C=O) groups is 3. The van der Waals surface area contributed by atoms with Crippen LogP contribution in [0.2, 0.25) is 0 Å². The minimum Gasteiger partial charge on any atom is -0.462 e. The Balaban J connectivity index is 1.85. The lowest BCUT2D eigenvalue weighted by atomic mass is 10.1. The second-order valence-corrected chi connectivity index (χ2v) is 8.91. The molecule has 1 amide bonds. The number of carbonyl (C=O) groups excluding carboxylic acids is 3. The zero-order valence-electron chi connectivity index (χ0n) is 17.9. The summed E-state index contributed by atoms with van der Waals surface area (Å²) < 4.78 is 14.4. The number of nitrogens with zero attached hydrogens (tertiary/aromatic N) is 4. The van der Waals surface area contributed by atoms with Crippen molar-refractivity contribution in [3.63, 3.8) is 0 Å². The first-order valence-electron chi connectivity index (χ1n) is 9.73. The van der Waals surface area contributed by atoms with E-state index in [1.165, 1.54) is 0 Å². The van der Waals surface area contributed by atoms with Crippen LogP contribution in [0.15, 0.2) is 29.1 Å². The van der Waals surface area contributed by atoms with Crippen LogP contribution in [0.5, 0.6) is 0 Å². The summed E-state index contributed by atoms with van der Waals surface area (Å²) in [4.78, 5) is 38.0. The molecule has 0 bridgehead atoms. The molecule has 0 spiro atoms. The highest BCUT2D eigenvalue weighted by atomic mass is 79.9. The Bertz CT molecular complexity index is 1150. The standard InChI is InChI=1S/C20H22BrN5O5S/c1-5-30-20(29)16-12(4)15(19(28)31-11(2)3)18(32-16)23-17(27)14-6-7-25(24-14)10-26-9-13(21)8-22-26/h6-9,11H,5,10H2,1-4H3,(H,23,27). The van der Waals surface area contributed by atoms with Gasteiger partial charge in [-0.15, -0.1) is 11.3 Å². The molecule has 32 heavy (non-hydrogen) atoms. The quantitative estimate of drug-likeness (QED) is 0.447. The molecular formula is C20H22BrN5O5S. The van der Waals surface area contributed by atoms with Gasteiger partial charge in [0.05, 0.1) is 28.9 Å². The summed E-state index contributed by atoms with van der Waals surface area (Å²) >= 11 is 4.29. The smallest absolute Gasteiger partial charge is 0.348 e. The Morgan fingerprint density at radius 3 is 2.62 bits per heavy atom. The van der Waals surface area contributed by atoms with E-state index >= 15 is 0 Å². The van der Waals surface area contributed by atoms with Crippen LogP contribution in [-0.4, -0.2) is 50.1 Å². The molecule has 0 aliphatic carbocycles. The molecule has 0 saturated carbocycles. The summed E-state index contributed by atoms with van der Waals surface area (Å²) in [5.41, 5.74) is 0.660. The highest BCUT2D eigenvalue weighted by Gasteiger charge is 2.28. The monoisotopic (exact) mass is 523 g/mol. The molecule has 0 atom stereocenters. The van der Waals surface area contributed by atoms with Gasteiger partial charge in [-0.2, -0.15) is 10.2 Å². The molecule has 0 radical (unpaired) electrons. The number of ether oxygens (including phenoxy) is 2. The van der Waals surface area contributed by atoms with Crippen molar-refractivity contribution in [2.75, 3.05) is 11.9 Å². The fourth-order valence-corrected chi connectivity index (χ4v) is 4.22. The van der Waals surface area contributed by atoms with Gasteiger partial charge in [0.1, 0.15) is 16.5 Å². The molecule has 0 unspecified atom stereocenters. The van der Waals surface area contributed by atoms with Gasteiger partial charge >= 0.3 is 11.9 Å². The summed E-state index contributed by atoms with van der Waals surface area (Å²) in [5.74, 6) is -1.72. The van der Waals surface area contributed by atoms with Crippen LogP contribution < -0.4 is 5.32 Å². The summed E-state index contributed by atoms with van der Waals surface area (Å²) in [5, 5.41) is 11.3. The van der Waals surface area contributed by atoms with Crippen LogP contribution in [0.1, 0.15) is 56.9 Å². The number of nitrogens with one attached hydrogen (secondary N) is 1. The normalized spacial score (nSPS) is 10.9. The average molecular weight is 524 g/mol. The average Bonchev–Trinajstić information content (AvgIpc) is 3.41. The van der Waals surface area contributed by atoms with Gasteiger partial charge in [0.2, 0.25) is 0 Å². The number of anilines is 1. The number of amides is 1. The van der Waals surface area contributed by atoms with Gasteiger partial charge in [0.25, 0.3) is 5.91 Å². The topological polar surface area (TPSA) is 117 Å². The minimum atomic E-state index is -0.630. The van der Waals surface area contributed by atoms with Crippen LogP contribution in [0, 0.1) is 6.92 Å². The predicted molar refractivity (Wildman–Crippen MR) is 121 cm³/mol. The first-order chi connectivity index (χ1) is 15.2. The third kappa shape index (κ3) is 5.43. The number of thiophene rings is 1. The van der Waals surface area contributed by atoms with Crippen molar-refractivity contribution in [3.05, 3.63) is 50.8 Å². The van der Waals surface area contributed by atoms with Crippen molar-refractivity contribution in [1.29, 1.82) is 0 Å². The third-order valence-electron chi connectivity index (χ3n) is 4.15. The molecule has 0 aliphatic rings. The van der Waals surface area contributed by atoms with Crippen LogP contribution in [-0.2, 0) is 16.1 Å². The van der Waals surface area contributed by atoms with Gasteiger partial charge < -0.3 is 14.8 Å². The summed E-state index contributed by atoms with van der Waals surface area (Å²) in [6.45, 7) is 7.25. The second-order valence-electron chi connectivity index (χ2n) is 6.97. The molecule has 0 aromatic carbocycles. The molecule has 170 valence electrons. The molecule has 0 aliphatic heterocycles. The van der Waals surface area contributed by atoms with E-state index < -0.39 is 17.8 Å². The molecular weight excluding hydrogens is 502 g/mol. The highest BCUT2D eigenvalue weighted by molar-refractivity contribution is 9.10. The molecule has 3 aromatic heterocycles. The predicted octanol–water partition coefficient (Wildman–Crippen LogP) is 3.71.